The van der Waals surface area contributed by atoms with Crippen molar-refractivity contribution in [2.24, 2.45) is 0 Å². The Morgan fingerprint density at radius 3 is 2.65 bits per heavy atom. The van der Waals surface area contributed by atoms with E-state index in [1.54, 1.807) is 19.1 Å². The molecule has 4 heteroatoms. The van der Waals surface area contributed by atoms with E-state index >= 15 is 0 Å². The molecule has 1 aromatic heterocycles. The van der Waals surface area contributed by atoms with Gasteiger partial charge in [0.15, 0.2) is 0 Å². The Morgan fingerprint density at radius 1 is 1.17 bits per heavy atom. The number of fused-ring (bicyclic) bond motifs is 3. The lowest BCUT2D eigenvalue weighted by Crippen LogP contribution is -2.39. The number of benzene rings is 2. The number of hydrogen-bond acceptors (Lipinski definition) is 1. The number of amides is 1. The van der Waals surface area contributed by atoms with E-state index in [1.165, 1.54) is 23.1 Å². The topological polar surface area (TPSA) is 36.1 Å². The summed E-state index contributed by atoms with van der Waals surface area (Å²) in [5, 5.41) is 1.21. The van der Waals surface area contributed by atoms with Crippen LogP contribution in [0.3, 0.4) is 0 Å². The molecule has 2 heterocycles. The van der Waals surface area contributed by atoms with Gasteiger partial charge in [0.05, 0.1) is 6.04 Å². The maximum Gasteiger partial charge on any atom is 0.220 e. The van der Waals surface area contributed by atoms with Crippen LogP contribution in [-0.4, -0.2) is 22.3 Å². The summed E-state index contributed by atoms with van der Waals surface area (Å²) in [6, 6.07) is 14.4. The van der Waals surface area contributed by atoms with Gasteiger partial charge in [0.25, 0.3) is 0 Å². The molecule has 2 aromatic carbocycles. The summed E-state index contributed by atoms with van der Waals surface area (Å²) in [6.07, 6.45) is 0.830. The SMILES string of the molecule is CC(=O)N1CCc2c([nH]c3ccccc23)C1c1ccc(F)cc1. The van der Waals surface area contributed by atoms with E-state index in [2.05, 4.69) is 11.1 Å². The van der Waals surface area contributed by atoms with E-state index in [9.17, 15) is 9.18 Å². The third kappa shape index (κ3) is 2.22. The lowest BCUT2D eigenvalue weighted by atomic mass is 9.92. The molecule has 1 unspecified atom stereocenters. The molecule has 1 amide bonds. The van der Waals surface area contributed by atoms with E-state index in [1.807, 2.05) is 23.1 Å². The molecule has 0 saturated heterocycles. The molecule has 1 N–H and O–H groups in total. The second-order valence-electron chi connectivity index (χ2n) is 5.98. The monoisotopic (exact) mass is 308 g/mol. The Balaban J connectivity index is 1.92. The normalized spacial score (nSPS) is 17.3. The fourth-order valence-electron chi connectivity index (χ4n) is 3.57. The first-order valence-electron chi connectivity index (χ1n) is 7.77. The van der Waals surface area contributed by atoms with E-state index in [0.29, 0.717) is 6.54 Å². The van der Waals surface area contributed by atoms with Gasteiger partial charge < -0.3 is 9.88 Å². The summed E-state index contributed by atoms with van der Waals surface area (Å²) in [5.74, 6) is -0.237. The number of hydrogen-bond donors (Lipinski definition) is 1. The minimum Gasteiger partial charge on any atom is -0.356 e. The quantitative estimate of drug-likeness (QED) is 0.729. The van der Waals surface area contributed by atoms with Gasteiger partial charge in [0, 0.05) is 30.1 Å². The van der Waals surface area contributed by atoms with Gasteiger partial charge in [-0.15, -0.1) is 0 Å². The van der Waals surface area contributed by atoms with Crippen LogP contribution in [0.5, 0.6) is 0 Å². The van der Waals surface area contributed by atoms with Gasteiger partial charge in [-0.25, -0.2) is 4.39 Å². The number of carbonyl (C=O) groups excluding carboxylic acids is 1. The van der Waals surface area contributed by atoms with Gasteiger partial charge in [0.1, 0.15) is 5.82 Å². The summed E-state index contributed by atoms with van der Waals surface area (Å²) >= 11 is 0. The number of carbonyl (C=O) groups is 1. The minimum atomic E-state index is -0.268. The van der Waals surface area contributed by atoms with Crippen molar-refractivity contribution in [2.45, 2.75) is 19.4 Å². The lowest BCUT2D eigenvalue weighted by molar-refractivity contribution is -0.130. The Labute approximate surface area is 133 Å². The summed E-state index contributed by atoms with van der Waals surface area (Å²) in [5.41, 5.74) is 4.30. The first kappa shape index (κ1) is 14.0. The number of rotatable bonds is 1. The number of nitrogens with one attached hydrogen (secondary N) is 1. The minimum absolute atomic E-state index is 0.0311. The van der Waals surface area contributed by atoms with Crippen molar-refractivity contribution in [3.63, 3.8) is 0 Å². The maximum atomic E-state index is 13.3. The first-order chi connectivity index (χ1) is 11.1. The largest absolute Gasteiger partial charge is 0.356 e. The predicted molar refractivity (Wildman–Crippen MR) is 87.6 cm³/mol. The highest BCUT2D eigenvalue weighted by molar-refractivity contribution is 5.86. The van der Waals surface area contributed by atoms with Crippen LogP contribution in [-0.2, 0) is 11.2 Å². The van der Waals surface area contributed by atoms with E-state index in [4.69, 9.17) is 0 Å². The van der Waals surface area contributed by atoms with Crippen molar-refractivity contribution < 1.29 is 9.18 Å². The van der Waals surface area contributed by atoms with Gasteiger partial charge in [-0.05, 0) is 35.7 Å². The molecule has 23 heavy (non-hydrogen) atoms. The van der Waals surface area contributed by atoms with Crippen molar-refractivity contribution in [3.05, 3.63) is 71.2 Å². The smallest absolute Gasteiger partial charge is 0.220 e. The van der Waals surface area contributed by atoms with Crippen LogP contribution in [0.1, 0.15) is 29.8 Å². The number of nitrogens with zero attached hydrogens (tertiary/aromatic N) is 1. The molecule has 4 rings (SSSR count). The molecule has 0 fully saturated rings. The molecule has 0 aliphatic carbocycles. The summed E-state index contributed by atoms with van der Waals surface area (Å²) in [7, 11) is 0. The van der Waals surface area contributed by atoms with Crippen LogP contribution in [0.15, 0.2) is 48.5 Å². The highest BCUT2D eigenvalue weighted by Gasteiger charge is 2.32. The van der Waals surface area contributed by atoms with E-state index in [0.717, 1.165) is 23.2 Å². The molecular weight excluding hydrogens is 291 g/mol. The number of para-hydroxylation sites is 1. The number of H-pyrrole nitrogens is 1. The zero-order chi connectivity index (χ0) is 16.0. The van der Waals surface area contributed by atoms with Crippen LogP contribution in [0.2, 0.25) is 0 Å². The second-order valence-corrected chi connectivity index (χ2v) is 5.98. The molecule has 3 aromatic rings. The zero-order valence-electron chi connectivity index (χ0n) is 12.8. The Hall–Kier alpha value is -2.62. The molecule has 0 spiro atoms. The first-order valence-corrected chi connectivity index (χ1v) is 7.77. The predicted octanol–water partition coefficient (Wildman–Crippen LogP) is 3.80. The lowest BCUT2D eigenvalue weighted by Gasteiger charge is -2.35. The summed E-state index contributed by atoms with van der Waals surface area (Å²) in [4.78, 5) is 17.4. The highest BCUT2D eigenvalue weighted by atomic mass is 19.1. The maximum absolute atomic E-state index is 13.3. The van der Waals surface area contributed by atoms with Gasteiger partial charge in [-0.1, -0.05) is 30.3 Å². The summed E-state index contributed by atoms with van der Waals surface area (Å²) < 4.78 is 13.3. The Kier molecular flexibility index (Phi) is 3.18. The van der Waals surface area contributed by atoms with Crippen molar-refractivity contribution >= 4 is 16.8 Å². The Morgan fingerprint density at radius 2 is 1.91 bits per heavy atom. The number of aromatic amines is 1. The molecule has 116 valence electrons. The molecule has 0 saturated carbocycles. The standard InChI is InChI=1S/C19H17FN2O/c1-12(23)22-11-10-16-15-4-2-3-5-17(15)21-18(16)19(22)13-6-8-14(20)9-7-13/h2-9,19,21H,10-11H2,1H3. The number of halogens is 1. The average Bonchev–Trinajstić information content (AvgIpc) is 2.93. The van der Waals surface area contributed by atoms with Gasteiger partial charge in [-0.2, -0.15) is 0 Å². The number of aromatic nitrogens is 1. The third-order valence-electron chi connectivity index (χ3n) is 4.62. The third-order valence-corrected chi connectivity index (χ3v) is 4.62. The fraction of sp³-hybridized carbons (Fsp3) is 0.211. The highest BCUT2D eigenvalue weighted by Crippen LogP contribution is 2.38. The molecule has 1 atom stereocenters. The second kappa shape index (κ2) is 5.23. The van der Waals surface area contributed by atoms with E-state index in [-0.39, 0.29) is 17.8 Å². The summed E-state index contributed by atoms with van der Waals surface area (Å²) in [6.45, 7) is 2.26. The van der Waals surface area contributed by atoms with Gasteiger partial charge >= 0.3 is 0 Å². The van der Waals surface area contributed by atoms with Crippen LogP contribution in [0, 0.1) is 5.82 Å². The van der Waals surface area contributed by atoms with Crippen LogP contribution in [0.25, 0.3) is 10.9 Å². The van der Waals surface area contributed by atoms with Crippen molar-refractivity contribution in [2.75, 3.05) is 6.54 Å². The average molecular weight is 308 g/mol. The van der Waals surface area contributed by atoms with Crippen molar-refractivity contribution in [1.29, 1.82) is 0 Å². The van der Waals surface area contributed by atoms with Crippen molar-refractivity contribution in [1.82, 2.24) is 9.88 Å². The van der Waals surface area contributed by atoms with Crippen LogP contribution < -0.4 is 0 Å². The van der Waals surface area contributed by atoms with Crippen LogP contribution >= 0.6 is 0 Å². The zero-order valence-corrected chi connectivity index (χ0v) is 12.8. The fourth-order valence-corrected chi connectivity index (χ4v) is 3.57. The van der Waals surface area contributed by atoms with E-state index < -0.39 is 0 Å². The Bertz CT molecular complexity index is 882. The van der Waals surface area contributed by atoms with Crippen LogP contribution in [0.4, 0.5) is 4.39 Å². The molecular formula is C19H17FN2O. The van der Waals surface area contributed by atoms with Gasteiger partial charge in [0.2, 0.25) is 5.91 Å². The molecule has 3 nitrogen and oxygen atoms in total. The molecule has 0 radical (unpaired) electrons. The molecule has 0 bridgehead atoms. The molecule has 1 aliphatic rings. The molecule has 1 aliphatic heterocycles. The van der Waals surface area contributed by atoms with Crippen molar-refractivity contribution in [3.8, 4) is 0 Å². The van der Waals surface area contributed by atoms with Gasteiger partial charge in [-0.3, -0.25) is 4.79 Å².